The van der Waals surface area contributed by atoms with Crippen molar-refractivity contribution in [3.8, 4) is 33.4 Å². The Morgan fingerprint density at radius 3 is 0.831 bits per heavy atom. The summed E-state index contributed by atoms with van der Waals surface area (Å²) in [7, 11) is -1.79. The number of nitrogens with zero attached hydrogens (tertiary/aromatic N) is 3. The molecule has 10 heteroatoms. The summed E-state index contributed by atoms with van der Waals surface area (Å²) >= 11 is 5.87. The molecule has 118 heavy (non-hydrogen) atoms. The van der Waals surface area contributed by atoms with Crippen LogP contribution < -0.4 is 57.9 Å². The van der Waals surface area contributed by atoms with Crippen molar-refractivity contribution in [3.63, 3.8) is 0 Å². The van der Waals surface area contributed by atoms with E-state index >= 15 is 0 Å². The van der Waals surface area contributed by atoms with Crippen LogP contribution in [0.5, 0.6) is 0 Å². The first-order valence-corrected chi connectivity index (χ1v) is 46.7. The fraction of sp³-hybridized carbons (Fsp3) is 0.0556. The van der Waals surface area contributed by atoms with Crippen molar-refractivity contribution in [2.45, 2.75) is 52.5 Å². The van der Waals surface area contributed by atoms with E-state index in [-0.39, 0.29) is 23.4 Å². The van der Waals surface area contributed by atoms with Crippen LogP contribution in [0.2, 0.25) is 13.1 Å². The second-order valence-electron chi connectivity index (χ2n) is 32.4. The van der Waals surface area contributed by atoms with E-state index in [1.807, 2.05) is 34.8 Å². The molecule has 3 nitrogen and oxygen atoms in total. The molecule has 0 bridgehead atoms. The van der Waals surface area contributed by atoms with Crippen molar-refractivity contribution in [1.82, 2.24) is 0 Å². The van der Waals surface area contributed by atoms with Gasteiger partial charge >= 0.3 is 0 Å². The molecule has 6 aliphatic heterocycles. The Kier molecular flexibility index (Phi) is 18.8. The molecule has 560 valence electrons. The van der Waals surface area contributed by atoms with Crippen LogP contribution in [0.3, 0.4) is 0 Å². The molecule has 0 aliphatic carbocycles. The molecule has 17 aromatic carbocycles. The van der Waals surface area contributed by atoms with E-state index in [4.69, 9.17) is 0 Å². The average molecular weight is 1580 g/mol. The van der Waals surface area contributed by atoms with Gasteiger partial charge in [-0.25, -0.2) is 0 Å². The summed E-state index contributed by atoms with van der Waals surface area (Å²) in [5.41, 5.74) is 34.6. The summed E-state index contributed by atoms with van der Waals surface area (Å²) in [6.07, 6.45) is 0. The number of rotatable bonds is 8. The zero-order valence-electron chi connectivity index (χ0n) is 66.2. The SMILES string of the molecule is CC1(C)c2ccccc2N(c2ccc3c(c2)-c2ccccc2SB3c2ccccc2)c2ccccc21.C[Si]1(C)c2ccccc2N(c2ccc3c(c2)-c2ccccc2SB3c2ccccc2)c2ccccc21.c1ccc(B2Sc3ccccc3-c3cc(N4c5ccccc5C(c5ccccc5)(c5ccccc5)c5ccccc54)ccc32)cc1. The minimum Gasteiger partial charge on any atom is -0.311 e. The van der Waals surface area contributed by atoms with Crippen molar-refractivity contribution in [1.29, 1.82) is 0 Å². The Hall–Kier alpha value is -12.4. The van der Waals surface area contributed by atoms with Crippen LogP contribution in [0.4, 0.5) is 51.2 Å². The number of fused-ring (bicyclic) bond motifs is 15. The minimum atomic E-state index is -1.79. The lowest BCUT2D eigenvalue weighted by atomic mass is 9.59. The fourth-order valence-corrected chi connectivity index (χ4v) is 26.6. The van der Waals surface area contributed by atoms with Gasteiger partial charge in [0.15, 0.2) is 0 Å². The van der Waals surface area contributed by atoms with Gasteiger partial charge in [-0.2, -0.15) is 34.8 Å². The molecular formula is C108H82B3N3S3Si. The molecule has 0 saturated carbocycles. The number of benzene rings is 17. The monoisotopic (exact) mass is 1580 g/mol. The molecule has 0 unspecified atom stereocenters. The van der Waals surface area contributed by atoms with Gasteiger partial charge in [0.2, 0.25) is 0 Å². The van der Waals surface area contributed by atoms with E-state index in [1.54, 1.807) is 0 Å². The molecule has 0 fully saturated rings. The minimum absolute atomic E-state index is 0.0560. The van der Waals surface area contributed by atoms with Crippen molar-refractivity contribution >= 4 is 155 Å². The van der Waals surface area contributed by atoms with Crippen LogP contribution in [-0.4, -0.2) is 26.0 Å². The lowest BCUT2D eigenvalue weighted by Crippen LogP contribution is -2.58. The van der Waals surface area contributed by atoms with Crippen LogP contribution >= 0.6 is 34.8 Å². The average Bonchev–Trinajstić information content (AvgIpc) is 0.696. The molecule has 0 aromatic heterocycles. The van der Waals surface area contributed by atoms with E-state index in [1.165, 1.54) is 176 Å². The molecule has 0 radical (unpaired) electrons. The van der Waals surface area contributed by atoms with E-state index in [0.717, 1.165) is 0 Å². The van der Waals surface area contributed by atoms with Gasteiger partial charge in [0, 0.05) is 48.5 Å². The number of para-hydroxylation sites is 6. The molecule has 0 spiro atoms. The van der Waals surface area contributed by atoms with Gasteiger partial charge in [0.05, 0.1) is 28.2 Å². The van der Waals surface area contributed by atoms with Gasteiger partial charge in [-0.05, 0) is 168 Å². The lowest BCUT2D eigenvalue weighted by molar-refractivity contribution is 0.632. The van der Waals surface area contributed by atoms with Gasteiger partial charge in [0.25, 0.3) is 18.0 Å². The topological polar surface area (TPSA) is 9.72 Å². The maximum Gasteiger partial charge on any atom is 0.281 e. The normalized spacial score (nSPS) is 14.6. The molecule has 0 amide bonds. The van der Waals surface area contributed by atoms with E-state index < -0.39 is 13.5 Å². The zero-order valence-corrected chi connectivity index (χ0v) is 69.7. The fourth-order valence-electron chi connectivity index (χ4n) is 19.6. The van der Waals surface area contributed by atoms with Crippen molar-refractivity contribution in [2.24, 2.45) is 0 Å². The first kappa shape index (κ1) is 73.2. The predicted molar refractivity (Wildman–Crippen MR) is 512 cm³/mol. The van der Waals surface area contributed by atoms with Crippen LogP contribution in [0.1, 0.15) is 47.2 Å². The number of hydrogen-bond acceptors (Lipinski definition) is 6. The zero-order chi connectivity index (χ0) is 79.1. The quantitative estimate of drug-likeness (QED) is 0.139. The Balaban J connectivity index is 0.000000111. The summed E-state index contributed by atoms with van der Waals surface area (Å²) in [4.78, 5) is 11.5. The van der Waals surface area contributed by atoms with Gasteiger partial charge in [-0.3, -0.25) is 0 Å². The third-order valence-corrected chi connectivity index (χ3v) is 32.7. The smallest absolute Gasteiger partial charge is 0.281 e. The molecule has 6 aliphatic rings. The Labute approximate surface area is 708 Å². The Morgan fingerprint density at radius 2 is 0.492 bits per heavy atom. The molecule has 0 N–H and O–H groups in total. The highest BCUT2D eigenvalue weighted by atomic mass is 32.2. The summed E-state index contributed by atoms with van der Waals surface area (Å²) in [6.45, 7) is 9.64. The van der Waals surface area contributed by atoms with Gasteiger partial charge < -0.3 is 14.7 Å². The second kappa shape index (κ2) is 30.3. The maximum absolute atomic E-state index is 2.49. The summed E-state index contributed by atoms with van der Waals surface area (Å²) in [5, 5.41) is 3.00. The molecular weight excluding hydrogens is 1500 g/mol. The maximum atomic E-state index is 2.49. The van der Waals surface area contributed by atoms with Crippen LogP contribution in [0.25, 0.3) is 33.4 Å². The molecule has 6 heterocycles. The first-order chi connectivity index (χ1) is 58.1. The standard InChI is InChI=1S/C43H30BNS.C33H26BNS.C32H26BNSSi/c1-4-16-31(17-5-1)43(32-18-6-2-7-19-32)37-23-11-13-25-40(37)45(41-26-14-12-24-38(41)43)34-28-29-39-36(30-34)35-22-10-15-27-42(35)46-44(39)33-20-8-3-9-21-33;1-33(2)27-15-7-9-17-30(27)35(31-18-10-8-16-28(31)33)24-20-21-29-26(22-24)25-14-6-11-19-32(25)36-34(29)23-12-4-3-5-13-23;1-36(2)31-18-10-7-15-28(31)34(29-16-8-11-19-32(29)36)24-20-21-27-26(22-24)25-14-6-9-17-30(25)35-33(27)23-12-4-3-5-13-23/h1-30H;2*3-22H,1-2H3. The Bertz CT molecular complexity index is 6260. The molecule has 0 saturated heterocycles. The third kappa shape index (κ3) is 12.3. The van der Waals surface area contributed by atoms with Crippen LogP contribution in [-0.2, 0) is 10.8 Å². The second-order valence-corrected chi connectivity index (χ2v) is 40.1. The highest BCUT2D eigenvalue weighted by Gasteiger charge is 2.48. The van der Waals surface area contributed by atoms with Gasteiger partial charge in [0.1, 0.15) is 8.07 Å². The van der Waals surface area contributed by atoms with Gasteiger partial charge in [-0.15, -0.1) is 0 Å². The highest BCUT2D eigenvalue weighted by molar-refractivity contribution is 8.29. The summed E-state index contributed by atoms with van der Waals surface area (Å²) < 4.78 is 0. The van der Waals surface area contributed by atoms with Crippen molar-refractivity contribution in [3.05, 3.63) is 458 Å². The molecule has 23 rings (SSSR count). The van der Waals surface area contributed by atoms with E-state index in [0.29, 0.717) is 0 Å². The third-order valence-electron chi connectivity index (χ3n) is 25.1. The van der Waals surface area contributed by atoms with Crippen molar-refractivity contribution < 1.29 is 0 Å². The summed E-state index contributed by atoms with van der Waals surface area (Å²) in [6, 6.07) is 156. The van der Waals surface area contributed by atoms with Crippen LogP contribution in [0.15, 0.2) is 439 Å². The molecule has 17 aromatic rings. The van der Waals surface area contributed by atoms with Crippen LogP contribution in [0, 0.1) is 0 Å². The highest BCUT2D eigenvalue weighted by Crippen LogP contribution is 2.59. The Morgan fingerprint density at radius 1 is 0.237 bits per heavy atom. The molecule has 0 atom stereocenters. The van der Waals surface area contributed by atoms with Crippen molar-refractivity contribution in [2.75, 3.05) is 14.7 Å². The number of hydrogen-bond donors (Lipinski definition) is 0. The first-order valence-electron chi connectivity index (χ1n) is 41.0. The predicted octanol–water partition coefficient (Wildman–Crippen LogP) is 23.6. The van der Waals surface area contributed by atoms with E-state index in [9.17, 15) is 0 Å². The lowest BCUT2D eigenvalue weighted by Gasteiger charge is -2.46. The van der Waals surface area contributed by atoms with Gasteiger partial charge in [-0.1, -0.05) is 393 Å². The summed E-state index contributed by atoms with van der Waals surface area (Å²) in [5.74, 6) is 0.812. The number of anilines is 9. The van der Waals surface area contributed by atoms with E-state index in [2.05, 4.69) is 466 Å². The largest absolute Gasteiger partial charge is 0.311 e.